The van der Waals surface area contributed by atoms with Crippen molar-refractivity contribution in [3.63, 3.8) is 0 Å². The molecule has 0 aliphatic heterocycles. The molecule has 0 heterocycles. The summed E-state index contributed by atoms with van der Waals surface area (Å²) in [5.74, 6) is 0.533. The van der Waals surface area contributed by atoms with Crippen molar-refractivity contribution in [2.45, 2.75) is 44.6 Å². The molecule has 0 aromatic rings. The lowest BCUT2D eigenvalue weighted by Gasteiger charge is -2.20. The Morgan fingerprint density at radius 2 is 2.00 bits per heavy atom. The van der Waals surface area contributed by atoms with E-state index in [4.69, 9.17) is 0 Å². The fourth-order valence-corrected chi connectivity index (χ4v) is 3.24. The van der Waals surface area contributed by atoms with Gasteiger partial charge in [0.05, 0.1) is 5.60 Å². The zero-order chi connectivity index (χ0) is 16.9. The summed E-state index contributed by atoms with van der Waals surface area (Å²) in [6, 6.07) is 0. The lowest BCUT2D eigenvalue weighted by atomic mass is 9.92. The summed E-state index contributed by atoms with van der Waals surface area (Å²) in [6.45, 7) is 13.7. The largest absolute Gasteiger partial charge is 0.386 e. The van der Waals surface area contributed by atoms with Gasteiger partial charge in [-0.25, -0.2) is 0 Å². The van der Waals surface area contributed by atoms with Gasteiger partial charge in [0.2, 0.25) is 0 Å². The van der Waals surface area contributed by atoms with Crippen LogP contribution >= 0.6 is 0 Å². The zero-order valence-corrected chi connectivity index (χ0v) is 14.2. The van der Waals surface area contributed by atoms with Gasteiger partial charge in [-0.1, -0.05) is 67.8 Å². The van der Waals surface area contributed by atoms with Crippen LogP contribution in [-0.2, 0) is 0 Å². The van der Waals surface area contributed by atoms with Gasteiger partial charge in [-0.05, 0) is 55.2 Å². The lowest BCUT2D eigenvalue weighted by Crippen LogP contribution is -2.21. The Hall–Kier alpha value is -1.86. The van der Waals surface area contributed by atoms with E-state index in [-0.39, 0.29) is 0 Å². The molecule has 0 aromatic carbocycles. The van der Waals surface area contributed by atoms with Crippen LogP contribution in [0.15, 0.2) is 84.6 Å². The summed E-state index contributed by atoms with van der Waals surface area (Å²) < 4.78 is 0. The SMILES string of the molecule is C=CC1=CCC=C(CC(C)(O)/C=C/C2CCC(=C)C2)C=C1C=C. The standard InChI is InChI=1S/C22H28O/c1-5-20-9-7-8-19(15-21(20)6-2)16-22(4,23)13-12-18-11-10-17(3)14-18/h5-6,8-9,12-13,15,18,23H,1-3,7,10-11,14,16H2,4H3/b13-12+. The summed E-state index contributed by atoms with van der Waals surface area (Å²) in [7, 11) is 0. The van der Waals surface area contributed by atoms with Crippen molar-refractivity contribution in [2.75, 3.05) is 0 Å². The van der Waals surface area contributed by atoms with E-state index < -0.39 is 5.60 Å². The maximum atomic E-state index is 10.7. The molecule has 1 saturated carbocycles. The molecule has 23 heavy (non-hydrogen) atoms. The molecule has 1 heteroatoms. The molecule has 122 valence electrons. The van der Waals surface area contributed by atoms with Gasteiger partial charge in [0, 0.05) is 6.42 Å². The van der Waals surface area contributed by atoms with Crippen LogP contribution in [0.5, 0.6) is 0 Å². The Morgan fingerprint density at radius 3 is 2.61 bits per heavy atom. The molecule has 0 saturated heterocycles. The molecule has 1 fully saturated rings. The van der Waals surface area contributed by atoms with Crippen LogP contribution in [0.2, 0.25) is 0 Å². The number of allylic oxidation sites excluding steroid dienone is 9. The molecule has 0 bridgehead atoms. The van der Waals surface area contributed by atoms with Crippen LogP contribution in [0, 0.1) is 5.92 Å². The van der Waals surface area contributed by atoms with Crippen LogP contribution < -0.4 is 0 Å². The molecule has 1 N–H and O–H groups in total. The van der Waals surface area contributed by atoms with Crippen LogP contribution in [0.1, 0.15) is 39.0 Å². The van der Waals surface area contributed by atoms with Gasteiger partial charge < -0.3 is 5.11 Å². The molecule has 2 rings (SSSR count). The van der Waals surface area contributed by atoms with Crippen LogP contribution in [0.25, 0.3) is 0 Å². The third-order valence-electron chi connectivity index (χ3n) is 4.54. The molecule has 2 aliphatic carbocycles. The number of hydrogen-bond acceptors (Lipinski definition) is 1. The quantitative estimate of drug-likeness (QED) is 0.634. The third kappa shape index (κ3) is 5.07. The van der Waals surface area contributed by atoms with Gasteiger partial charge in [0.15, 0.2) is 0 Å². The second kappa shape index (κ2) is 7.61. The normalized spacial score (nSPS) is 24.5. The van der Waals surface area contributed by atoms with E-state index >= 15 is 0 Å². The Labute approximate surface area is 140 Å². The molecule has 0 amide bonds. The second-order valence-corrected chi connectivity index (χ2v) is 6.83. The minimum atomic E-state index is -0.836. The summed E-state index contributed by atoms with van der Waals surface area (Å²) in [4.78, 5) is 0. The minimum absolute atomic E-state index is 0.533. The van der Waals surface area contributed by atoms with Crippen molar-refractivity contribution in [2.24, 2.45) is 5.92 Å². The van der Waals surface area contributed by atoms with Gasteiger partial charge in [-0.3, -0.25) is 0 Å². The first-order valence-electron chi connectivity index (χ1n) is 8.38. The van der Waals surface area contributed by atoms with Crippen molar-refractivity contribution < 1.29 is 5.11 Å². The monoisotopic (exact) mass is 308 g/mol. The highest BCUT2D eigenvalue weighted by atomic mass is 16.3. The van der Waals surface area contributed by atoms with Crippen molar-refractivity contribution in [1.29, 1.82) is 0 Å². The Kier molecular flexibility index (Phi) is 5.79. The van der Waals surface area contributed by atoms with Crippen molar-refractivity contribution in [1.82, 2.24) is 0 Å². The van der Waals surface area contributed by atoms with Gasteiger partial charge in [0.1, 0.15) is 0 Å². The van der Waals surface area contributed by atoms with Crippen molar-refractivity contribution >= 4 is 0 Å². The molecule has 0 spiro atoms. The average molecular weight is 308 g/mol. The predicted octanol–water partition coefficient (Wildman–Crippen LogP) is 5.59. The molecule has 2 aliphatic rings. The predicted molar refractivity (Wildman–Crippen MR) is 100 cm³/mol. The van der Waals surface area contributed by atoms with E-state index in [2.05, 4.69) is 44.0 Å². The fourth-order valence-electron chi connectivity index (χ4n) is 3.24. The maximum Gasteiger partial charge on any atom is 0.0839 e. The fraction of sp³-hybridized carbons (Fsp3) is 0.364. The van der Waals surface area contributed by atoms with Gasteiger partial charge in [-0.15, -0.1) is 0 Å². The van der Waals surface area contributed by atoms with E-state index in [0.29, 0.717) is 12.3 Å². The highest BCUT2D eigenvalue weighted by molar-refractivity contribution is 5.50. The number of hydrogen-bond donors (Lipinski definition) is 1. The molecular formula is C22H28O. The van der Waals surface area contributed by atoms with Gasteiger partial charge in [0.25, 0.3) is 0 Å². The van der Waals surface area contributed by atoms with Crippen molar-refractivity contribution in [3.8, 4) is 0 Å². The Bertz CT molecular complexity index is 608. The van der Waals surface area contributed by atoms with Crippen LogP contribution in [-0.4, -0.2) is 10.7 Å². The summed E-state index contributed by atoms with van der Waals surface area (Å²) in [6.07, 6.45) is 19.0. The number of rotatable bonds is 6. The maximum absolute atomic E-state index is 10.7. The van der Waals surface area contributed by atoms with Crippen LogP contribution in [0.4, 0.5) is 0 Å². The Morgan fingerprint density at radius 1 is 1.26 bits per heavy atom. The van der Waals surface area contributed by atoms with E-state index in [1.54, 1.807) is 0 Å². The first-order valence-corrected chi connectivity index (χ1v) is 8.38. The average Bonchev–Trinajstić information content (AvgIpc) is 2.82. The molecule has 2 atom stereocenters. The second-order valence-electron chi connectivity index (χ2n) is 6.83. The van der Waals surface area contributed by atoms with E-state index in [0.717, 1.165) is 42.4 Å². The first-order chi connectivity index (χ1) is 10.9. The summed E-state index contributed by atoms with van der Waals surface area (Å²) in [5, 5.41) is 10.7. The third-order valence-corrected chi connectivity index (χ3v) is 4.54. The van der Waals surface area contributed by atoms with Crippen molar-refractivity contribution in [3.05, 3.63) is 84.6 Å². The van der Waals surface area contributed by atoms with E-state index in [9.17, 15) is 5.11 Å². The van der Waals surface area contributed by atoms with Crippen LogP contribution in [0.3, 0.4) is 0 Å². The highest BCUT2D eigenvalue weighted by Gasteiger charge is 2.21. The molecule has 1 nitrogen and oxygen atoms in total. The Balaban J connectivity index is 2.06. The lowest BCUT2D eigenvalue weighted by molar-refractivity contribution is 0.112. The topological polar surface area (TPSA) is 20.2 Å². The molecular weight excluding hydrogens is 280 g/mol. The minimum Gasteiger partial charge on any atom is -0.386 e. The smallest absolute Gasteiger partial charge is 0.0839 e. The van der Waals surface area contributed by atoms with Gasteiger partial charge >= 0.3 is 0 Å². The van der Waals surface area contributed by atoms with E-state index in [1.165, 1.54) is 5.57 Å². The highest BCUT2D eigenvalue weighted by Crippen LogP contribution is 2.31. The van der Waals surface area contributed by atoms with E-state index in [1.807, 2.05) is 25.2 Å². The first kappa shape index (κ1) is 17.5. The molecule has 2 unspecified atom stereocenters. The molecule has 0 aromatic heterocycles. The summed E-state index contributed by atoms with van der Waals surface area (Å²) >= 11 is 0. The zero-order valence-electron chi connectivity index (χ0n) is 14.2. The van der Waals surface area contributed by atoms with Gasteiger partial charge in [-0.2, -0.15) is 0 Å². The summed E-state index contributed by atoms with van der Waals surface area (Å²) in [5.41, 5.74) is 3.80. The number of aliphatic hydroxyl groups is 1. The molecule has 0 radical (unpaired) electrons.